The number of carbonyl (C=O) groups excluding carboxylic acids is 1. The van der Waals surface area contributed by atoms with Gasteiger partial charge in [-0.3, -0.25) is 10.1 Å². The maximum absolute atomic E-state index is 13.3. The second kappa shape index (κ2) is 6.10. The molecule has 4 rings (SSSR count). The van der Waals surface area contributed by atoms with Gasteiger partial charge in [-0.15, -0.1) is 0 Å². The summed E-state index contributed by atoms with van der Waals surface area (Å²) >= 11 is 1.21. The van der Waals surface area contributed by atoms with Crippen LogP contribution in [0.25, 0.3) is 21.5 Å². The first-order valence-corrected chi connectivity index (χ1v) is 8.32. The lowest BCUT2D eigenvalue weighted by atomic mass is 10.1. The molecule has 0 aliphatic carbocycles. The van der Waals surface area contributed by atoms with Crippen molar-refractivity contribution < 1.29 is 13.7 Å². The molecule has 0 saturated heterocycles. The third-order valence-corrected chi connectivity index (χ3v) is 4.64. The van der Waals surface area contributed by atoms with Crippen LogP contribution >= 0.6 is 11.3 Å². The number of nitrogens with one attached hydrogen (secondary N) is 1. The molecule has 2 aromatic carbocycles. The molecule has 0 spiro atoms. The van der Waals surface area contributed by atoms with Gasteiger partial charge >= 0.3 is 0 Å². The average Bonchev–Trinajstić information content (AvgIpc) is 3.18. The highest BCUT2D eigenvalue weighted by molar-refractivity contribution is 7.22. The molecule has 5 nitrogen and oxygen atoms in total. The molecule has 4 aromatic rings. The summed E-state index contributed by atoms with van der Waals surface area (Å²) in [5.41, 5.74) is 2.25. The van der Waals surface area contributed by atoms with Crippen LogP contribution in [0, 0.1) is 12.7 Å². The first-order chi connectivity index (χ1) is 12.1. The highest BCUT2D eigenvalue weighted by atomic mass is 32.1. The van der Waals surface area contributed by atoms with Crippen molar-refractivity contribution in [3.63, 3.8) is 0 Å². The third kappa shape index (κ3) is 2.89. The molecule has 0 aliphatic rings. The van der Waals surface area contributed by atoms with Crippen LogP contribution in [0.5, 0.6) is 0 Å². The Morgan fingerprint density at radius 1 is 1.20 bits per heavy atom. The molecular formula is C18H12FN3O2S. The van der Waals surface area contributed by atoms with Gasteiger partial charge in [-0.2, -0.15) is 0 Å². The molecule has 1 amide bonds. The number of benzene rings is 2. The molecule has 7 heteroatoms. The second-order valence-corrected chi connectivity index (χ2v) is 6.44. The zero-order valence-corrected chi connectivity index (χ0v) is 13.9. The first kappa shape index (κ1) is 15.5. The Kier molecular flexibility index (Phi) is 3.77. The fraction of sp³-hybridized carbons (Fsp3) is 0.0556. The summed E-state index contributed by atoms with van der Waals surface area (Å²) in [4.78, 5) is 17.0. The monoisotopic (exact) mass is 353 g/mol. The number of anilines is 1. The Balaban J connectivity index is 1.68. The maximum atomic E-state index is 13.3. The van der Waals surface area contributed by atoms with E-state index >= 15 is 0 Å². The van der Waals surface area contributed by atoms with Crippen molar-refractivity contribution in [1.29, 1.82) is 0 Å². The Bertz CT molecular complexity index is 1070. The first-order valence-electron chi connectivity index (χ1n) is 7.51. The zero-order valence-electron chi connectivity index (χ0n) is 13.1. The van der Waals surface area contributed by atoms with E-state index in [1.54, 1.807) is 13.0 Å². The van der Waals surface area contributed by atoms with Crippen molar-refractivity contribution >= 4 is 32.6 Å². The summed E-state index contributed by atoms with van der Waals surface area (Å²) in [7, 11) is 0. The molecule has 0 fully saturated rings. The van der Waals surface area contributed by atoms with E-state index in [0.717, 1.165) is 5.56 Å². The van der Waals surface area contributed by atoms with Gasteiger partial charge in [-0.25, -0.2) is 9.37 Å². The molecular weight excluding hydrogens is 341 g/mol. The predicted octanol–water partition coefficient (Wildman–Crippen LogP) is 4.65. The summed E-state index contributed by atoms with van der Waals surface area (Å²) in [6.07, 6.45) is 0. The SMILES string of the molecule is Cc1onc(-c2ccccc2)c1C(=O)Nc1nc2ccc(F)cc2s1. The zero-order chi connectivity index (χ0) is 17.4. The lowest BCUT2D eigenvalue weighted by Crippen LogP contribution is -2.13. The Labute approximate surface area is 146 Å². The van der Waals surface area contributed by atoms with E-state index in [2.05, 4.69) is 15.5 Å². The molecule has 0 saturated carbocycles. The van der Waals surface area contributed by atoms with Crippen molar-refractivity contribution in [3.05, 3.63) is 65.7 Å². The quantitative estimate of drug-likeness (QED) is 0.582. The number of carbonyl (C=O) groups is 1. The third-order valence-electron chi connectivity index (χ3n) is 3.71. The van der Waals surface area contributed by atoms with Gasteiger partial charge in [0.1, 0.15) is 22.8 Å². The van der Waals surface area contributed by atoms with Gasteiger partial charge in [-0.1, -0.05) is 46.8 Å². The molecule has 2 aromatic heterocycles. The van der Waals surface area contributed by atoms with Gasteiger partial charge in [0.05, 0.1) is 10.2 Å². The Hall–Kier alpha value is -3.06. The highest BCUT2D eigenvalue weighted by Crippen LogP contribution is 2.29. The van der Waals surface area contributed by atoms with Crippen LogP contribution in [0.4, 0.5) is 9.52 Å². The van der Waals surface area contributed by atoms with E-state index in [4.69, 9.17) is 4.52 Å². The molecule has 25 heavy (non-hydrogen) atoms. The number of halogens is 1. The number of nitrogens with zero attached hydrogens (tertiary/aromatic N) is 2. The lowest BCUT2D eigenvalue weighted by molar-refractivity contribution is 0.102. The summed E-state index contributed by atoms with van der Waals surface area (Å²) in [5, 5.41) is 7.14. The number of fused-ring (bicyclic) bond motifs is 1. The van der Waals surface area contributed by atoms with Crippen molar-refractivity contribution in [2.75, 3.05) is 5.32 Å². The van der Waals surface area contributed by atoms with Gasteiger partial charge in [0.2, 0.25) is 0 Å². The number of aryl methyl sites for hydroxylation is 1. The smallest absolute Gasteiger partial charge is 0.263 e. The molecule has 2 heterocycles. The van der Waals surface area contributed by atoms with E-state index in [-0.39, 0.29) is 11.7 Å². The average molecular weight is 353 g/mol. The van der Waals surface area contributed by atoms with E-state index in [0.29, 0.717) is 32.4 Å². The van der Waals surface area contributed by atoms with Gasteiger partial charge in [0.15, 0.2) is 5.13 Å². The van der Waals surface area contributed by atoms with E-state index < -0.39 is 0 Å². The van der Waals surface area contributed by atoms with E-state index in [9.17, 15) is 9.18 Å². The molecule has 0 unspecified atom stereocenters. The predicted molar refractivity (Wildman–Crippen MR) is 94.2 cm³/mol. The Morgan fingerprint density at radius 3 is 2.80 bits per heavy atom. The van der Waals surface area contributed by atoms with Crippen LogP contribution in [0.15, 0.2) is 53.1 Å². The minimum Gasteiger partial charge on any atom is -0.360 e. The summed E-state index contributed by atoms with van der Waals surface area (Å²) < 4.78 is 19.2. The highest BCUT2D eigenvalue weighted by Gasteiger charge is 2.22. The van der Waals surface area contributed by atoms with Crippen LogP contribution < -0.4 is 5.32 Å². The number of amides is 1. The van der Waals surface area contributed by atoms with E-state index in [1.165, 1.54) is 23.5 Å². The standard InChI is InChI=1S/C18H12FN3O2S/c1-10-15(16(22-24-10)11-5-3-2-4-6-11)17(23)21-18-20-13-8-7-12(19)9-14(13)25-18/h2-9H,1H3,(H,20,21,23). The largest absolute Gasteiger partial charge is 0.360 e. The number of rotatable bonds is 3. The number of hydrogen-bond donors (Lipinski definition) is 1. The summed E-state index contributed by atoms with van der Waals surface area (Å²) in [5.74, 6) is -0.282. The van der Waals surface area contributed by atoms with Crippen LogP contribution in [-0.2, 0) is 0 Å². The van der Waals surface area contributed by atoms with Crippen molar-refractivity contribution in [3.8, 4) is 11.3 Å². The number of thiazole rings is 1. The second-order valence-electron chi connectivity index (χ2n) is 5.41. The topological polar surface area (TPSA) is 68.0 Å². The van der Waals surface area contributed by atoms with Crippen molar-refractivity contribution in [2.45, 2.75) is 6.92 Å². The normalized spacial score (nSPS) is 11.0. The van der Waals surface area contributed by atoms with Crippen LogP contribution in [-0.4, -0.2) is 16.0 Å². The molecule has 0 radical (unpaired) electrons. The number of hydrogen-bond acceptors (Lipinski definition) is 5. The molecule has 0 bridgehead atoms. The van der Waals surface area contributed by atoms with Gasteiger partial charge in [0.25, 0.3) is 5.91 Å². The maximum Gasteiger partial charge on any atom is 0.263 e. The van der Waals surface area contributed by atoms with Crippen LogP contribution in [0.1, 0.15) is 16.1 Å². The minimum atomic E-state index is -0.364. The molecule has 124 valence electrons. The van der Waals surface area contributed by atoms with Crippen molar-refractivity contribution in [2.24, 2.45) is 0 Å². The minimum absolute atomic E-state index is 0.338. The van der Waals surface area contributed by atoms with Crippen LogP contribution in [0.2, 0.25) is 0 Å². The molecule has 0 atom stereocenters. The summed E-state index contributed by atoms with van der Waals surface area (Å²) in [6.45, 7) is 1.68. The fourth-order valence-corrected chi connectivity index (χ4v) is 3.43. The molecule has 1 N–H and O–H groups in total. The van der Waals surface area contributed by atoms with Gasteiger partial charge < -0.3 is 4.52 Å². The van der Waals surface area contributed by atoms with Gasteiger partial charge in [-0.05, 0) is 25.1 Å². The van der Waals surface area contributed by atoms with Crippen molar-refractivity contribution in [1.82, 2.24) is 10.1 Å². The van der Waals surface area contributed by atoms with E-state index in [1.807, 2.05) is 30.3 Å². The molecule has 0 aliphatic heterocycles. The fourth-order valence-electron chi connectivity index (χ4n) is 2.54. The Morgan fingerprint density at radius 2 is 2.00 bits per heavy atom. The lowest BCUT2D eigenvalue weighted by Gasteiger charge is -2.02. The number of aromatic nitrogens is 2. The summed E-state index contributed by atoms with van der Waals surface area (Å²) in [6, 6.07) is 13.6. The van der Waals surface area contributed by atoms with Gasteiger partial charge in [0, 0.05) is 5.56 Å². The van der Waals surface area contributed by atoms with Crippen LogP contribution in [0.3, 0.4) is 0 Å².